The van der Waals surface area contributed by atoms with Gasteiger partial charge in [-0.1, -0.05) is 13.3 Å². The summed E-state index contributed by atoms with van der Waals surface area (Å²) in [6.45, 7) is 7.35. The van der Waals surface area contributed by atoms with Crippen molar-refractivity contribution in [2.45, 2.75) is 52.6 Å². The Balaban J connectivity index is 1.89. The maximum Gasteiger partial charge on any atom is 0.407 e. The zero-order chi connectivity index (χ0) is 19.9. The van der Waals surface area contributed by atoms with Crippen molar-refractivity contribution in [2.75, 3.05) is 13.2 Å². The van der Waals surface area contributed by atoms with Gasteiger partial charge >= 0.3 is 6.09 Å². The second kappa shape index (κ2) is 9.34. The van der Waals surface area contributed by atoms with Crippen molar-refractivity contribution in [2.24, 2.45) is 0 Å². The molecule has 1 N–H and O–H groups in total. The lowest BCUT2D eigenvalue weighted by atomic mass is 10.2. The van der Waals surface area contributed by atoms with E-state index in [0.717, 1.165) is 30.6 Å². The van der Waals surface area contributed by atoms with E-state index in [4.69, 9.17) is 9.47 Å². The number of alkyl carbamates (subject to hydrolysis) is 1. The zero-order valence-corrected chi connectivity index (χ0v) is 16.3. The highest BCUT2D eigenvalue weighted by Gasteiger charge is 2.16. The number of aromatic nitrogens is 3. The number of ether oxygens (including phenoxy) is 2. The lowest BCUT2D eigenvalue weighted by Gasteiger charge is -2.20. The van der Waals surface area contributed by atoms with E-state index in [0.29, 0.717) is 12.2 Å². The molecule has 2 heterocycles. The number of aryl methyl sites for hydroxylation is 1. The van der Waals surface area contributed by atoms with Crippen LogP contribution in [0.15, 0.2) is 30.2 Å². The third-order valence-electron chi connectivity index (χ3n) is 3.55. The molecule has 0 unspecified atom stereocenters. The van der Waals surface area contributed by atoms with Crippen LogP contribution in [0.1, 0.15) is 46.2 Å². The first-order valence-corrected chi connectivity index (χ1v) is 9.04. The second-order valence-corrected chi connectivity index (χ2v) is 7.22. The first-order chi connectivity index (χ1) is 12.8. The molecule has 0 saturated carbocycles. The Kier molecular flexibility index (Phi) is 7.15. The molecule has 0 spiro atoms. The van der Waals surface area contributed by atoms with E-state index in [1.807, 2.05) is 6.20 Å². The van der Waals surface area contributed by atoms with Crippen molar-refractivity contribution in [1.82, 2.24) is 19.9 Å². The Labute approximate surface area is 158 Å². The predicted molar refractivity (Wildman–Crippen MR) is 101 cm³/mol. The van der Waals surface area contributed by atoms with E-state index < -0.39 is 11.7 Å². The largest absolute Gasteiger partial charge is 0.472 e. The van der Waals surface area contributed by atoms with Gasteiger partial charge in [0, 0.05) is 18.2 Å². The summed E-state index contributed by atoms with van der Waals surface area (Å²) in [6, 6.07) is 3.48. The minimum atomic E-state index is -0.612. The highest BCUT2D eigenvalue weighted by molar-refractivity contribution is 5.68. The predicted octanol–water partition coefficient (Wildman–Crippen LogP) is 3.83. The first-order valence-electron chi connectivity index (χ1n) is 9.04. The van der Waals surface area contributed by atoms with E-state index >= 15 is 0 Å². The van der Waals surface area contributed by atoms with Crippen molar-refractivity contribution in [3.8, 4) is 5.88 Å². The molecule has 0 aliphatic rings. The highest BCUT2D eigenvalue weighted by atomic mass is 19.1. The van der Waals surface area contributed by atoms with Crippen LogP contribution in [0.4, 0.5) is 9.18 Å². The van der Waals surface area contributed by atoms with Crippen LogP contribution in [0.3, 0.4) is 0 Å². The smallest absolute Gasteiger partial charge is 0.407 e. The standard InChI is InChI=1S/C19H27FN4O3/c1-5-6-7-15-12-24-16(22-15)8-9-17(23-24)26-13-14(10-20)11-21-18(25)27-19(2,3)4/h8-10,12H,5-7,11,13H2,1-4H3,(H,21,25). The normalized spacial score (nSPS) is 12.3. The molecule has 0 bridgehead atoms. The topological polar surface area (TPSA) is 77.8 Å². The van der Waals surface area contributed by atoms with Gasteiger partial charge in [0.25, 0.3) is 0 Å². The zero-order valence-electron chi connectivity index (χ0n) is 16.3. The number of carbonyl (C=O) groups is 1. The van der Waals surface area contributed by atoms with E-state index in [1.54, 1.807) is 37.4 Å². The van der Waals surface area contributed by atoms with Gasteiger partial charge in [0.15, 0.2) is 5.65 Å². The molecule has 0 aromatic carbocycles. The van der Waals surface area contributed by atoms with Crippen molar-refractivity contribution >= 4 is 11.7 Å². The number of amides is 1. The van der Waals surface area contributed by atoms with E-state index in [9.17, 15) is 9.18 Å². The Morgan fingerprint density at radius 3 is 2.81 bits per heavy atom. The minimum Gasteiger partial charge on any atom is -0.472 e. The number of nitrogens with zero attached hydrogens (tertiary/aromatic N) is 3. The van der Waals surface area contributed by atoms with Crippen LogP contribution in [-0.2, 0) is 11.2 Å². The van der Waals surface area contributed by atoms with Crippen LogP contribution in [0.2, 0.25) is 0 Å². The van der Waals surface area contributed by atoms with Crippen LogP contribution in [0.5, 0.6) is 5.88 Å². The summed E-state index contributed by atoms with van der Waals surface area (Å²) in [4.78, 5) is 16.1. The number of halogens is 1. The average Bonchev–Trinajstić information content (AvgIpc) is 3.00. The quantitative estimate of drug-likeness (QED) is 0.755. The molecule has 1 amide bonds. The molecule has 8 heteroatoms. The molecule has 2 aromatic heterocycles. The molecule has 7 nitrogen and oxygen atoms in total. The number of carbonyl (C=O) groups excluding carboxylic acids is 1. The third kappa shape index (κ3) is 6.88. The maximum atomic E-state index is 13.1. The minimum absolute atomic E-state index is 0.0140. The highest BCUT2D eigenvalue weighted by Crippen LogP contribution is 2.12. The van der Waals surface area contributed by atoms with Gasteiger partial charge in [0.2, 0.25) is 5.88 Å². The molecule has 0 radical (unpaired) electrons. The molecule has 2 rings (SSSR count). The summed E-state index contributed by atoms with van der Waals surface area (Å²) in [5, 5.41) is 6.82. The fourth-order valence-electron chi connectivity index (χ4n) is 2.26. The molecular formula is C19H27FN4O3. The molecule has 0 atom stereocenters. The summed E-state index contributed by atoms with van der Waals surface area (Å²) in [5.74, 6) is 0.346. The van der Waals surface area contributed by atoms with Crippen molar-refractivity contribution < 1.29 is 18.7 Å². The summed E-state index contributed by atoms with van der Waals surface area (Å²) in [5.41, 5.74) is 1.37. The van der Waals surface area contributed by atoms with Crippen LogP contribution >= 0.6 is 0 Å². The lowest BCUT2D eigenvalue weighted by Crippen LogP contribution is -2.34. The van der Waals surface area contributed by atoms with E-state index in [2.05, 4.69) is 22.3 Å². The number of unbranched alkanes of at least 4 members (excludes halogenated alkanes) is 1. The molecule has 0 aliphatic carbocycles. The third-order valence-corrected chi connectivity index (χ3v) is 3.55. The molecule has 148 valence electrons. The Morgan fingerprint density at radius 1 is 1.37 bits per heavy atom. The molecule has 0 saturated heterocycles. The van der Waals surface area contributed by atoms with Gasteiger partial charge in [-0.3, -0.25) is 0 Å². The Hall–Kier alpha value is -2.64. The summed E-state index contributed by atoms with van der Waals surface area (Å²) < 4.78 is 25.3. The number of hydrogen-bond donors (Lipinski definition) is 1. The van der Waals surface area contributed by atoms with Crippen molar-refractivity contribution in [3.05, 3.63) is 35.9 Å². The molecule has 0 fully saturated rings. The molecule has 2 aromatic rings. The number of fused-ring (bicyclic) bond motifs is 1. The summed E-state index contributed by atoms with van der Waals surface area (Å²) >= 11 is 0. The number of nitrogens with one attached hydrogen (secondary N) is 1. The summed E-state index contributed by atoms with van der Waals surface area (Å²) in [7, 11) is 0. The van der Waals surface area contributed by atoms with Gasteiger partial charge in [-0.2, -0.15) is 0 Å². The van der Waals surface area contributed by atoms with Crippen LogP contribution in [0, 0.1) is 0 Å². The van der Waals surface area contributed by atoms with Gasteiger partial charge in [0.1, 0.15) is 12.2 Å². The molecule has 27 heavy (non-hydrogen) atoms. The van der Waals surface area contributed by atoms with Gasteiger partial charge in [0.05, 0.1) is 18.2 Å². The fourth-order valence-corrected chi connectivity index (χ4v) is 2.26. The van der Waals surface area contributed by atoms with Gasteiger partial charge in [-0.15, -0.1) is 5.10 Å². The Bertz CT molecular complexity index is 796. The van der Waals surface area contributed by atoms with Crippen LogP contribution in [-0.4, -0.2) is 39.4 Å². The van der Waals surface area contributed by atoms with Crippen molar-refractivity contribution in [3.63, 3.8) is 0 Å². The number of hydrogen-bond acceptors (Lipinski definition) is 5. The maximum absolute atomic E-state index is 13.1. The number of rotatable bonds is 8. The lowest BCUT2D eigenvalue weighted by molar-refractivity contribution is 0.0531. The molecule has 0 aliphatic heterocycles. The monoisotopic (exact) mass is 378 g/mol. The first kappa shape index (κ1) is 20.7. The number of imidazole rings is 1. The Morgan fingerprint density at radius 2 is 2.15 bits per heavy atom. The molecular weight excluding hydrogens is 351 g/mol. The van der Waals surface area contributed by atoms with E-state index in [-0.39, 0.29) is 18.7 Å². The van der Waals surface area contributed by atoms with Gasteiger partial charge in [-0.05, 0) is 39.7 Å². The SMILES string of the molecule is CCCCc1cn2nc(OCC(=CF)CNC(=O)OC(C)(C)C)ccc2n1. The van der Waals surface area contributed by atoms with Crippen molar-refractivity contribution in [1.29, 1.82) is 0 Å². The van der Waals surface area contributed by atoms with Crippen LogP contribution in [0.25, 0.3) is 5.65 Å². The van der Waals surface area contributed by atoms with Gasteiger partial charge in [-0.25, -0.2) is 18.7 Å². The average molecular weight is 378 g/mol. The second-order valence-electron chi connectivity index (χ2n) is 7.22. The van der Waals surface area contributed by atoms with Crippen LogP contribution < -0.4 is 10.1 Å². The van der Waals surface area contributed by atoms with Gasteiger partial charge < -0.3 is 14.8 Å². The van der Waals surface area contributed by atoms with E-state index in [1.165, 1.54) is 0 Å². The fraction of sp³-hybridized carbons (Fsp3) is 0.526. The summed E-state index contributed by atoms with van der Waals surface area (Å²) in [6.07, 6.45) is 4.75.